The SMILES string of the molecule is Nc1cc(C(N)CC(=O)O)cnc1N. The van der Waals surface area contributed by atoms with Crippen LogP contribution in [0.4, 0.5) is 11.5 Å². The number of pyridine rings is 1. The quantitative estimate of drug-likeness (QED) is 0.526. The molecule has 0 aliphatic rings. The van der Waals surface area contributed by atoms with E-state index >= 15 is 0 Å². The van der Waals surface area contributed by atoms with Crippen LogP contribution in [0.5, 0.6) is 0 Å². The number of carbonyl (C=O) groups is 1. The van der Waals surface area contributed by atoms with Crippen LogP contribution in [0.1, 0.15) is 18.0 Å². The fraction of sp³-hybridized carbons (Fsp3) is 0.250. The summed E-state index contributed by atoms with van der Waals surface area (Å²) in [5.74, 6) is -0.746. The molecule has 1 aromatic heterocycles. The number of aromatic nitrogens is 1. The molecule has 0 saturated carbocycles. The number of hydrogen-bond donors (Lipinski definition) is 4. The summed E-state index contributed by atoms with van der Waals surface area (Å²) in [7, 11) is 0. The first-order valence-corrected chi connectivity index (χ1v) is 3.99. The largest absolute Gasteiger partial charge is 0.481 e. The highest BCUT2D eigenvalue weighted by Crippen LogP contribution is 2.18. The zero-order valence-electron chi connectivity index (χ0n) is 7.47. The van der Waals surface area contributed by atoms with Gasteiger partial charge in [0.15, 0.2) is 0 Å². The number of carboxylic acid groups (broad SMARTS) is 1. The molecule has 0 spiro atoms. The second kappa shape index (κ2) is 3.93. The Bertz CT molecular complexity index is 353. The Morgan fingerprint density at radius 2 is 2.21 bits per heavy atom. The molecule has 0 aromatic carbocycles. The number of hydrogen-bond acceptors (Lipinski definition) is 5. The predicted molar refractivity (Wildman–Crippen MR) is 52.2 cm³/mol. The third-order valence-electron chi connectivity index (χ3n) is 1.79. The topological polar surface area (TPSA) is 128 Å². The number of nitrogen functional groups attached to an aromatic ring is 2. The molecule has 0 radical (unpaired) electrons. The van der Waals surface area contributed by atoms with Crippen LogP contribution in [0.2, 0.25) is 0 Å². The van der Waals surface area contributed by atoms with Crippen LogP contribution in [0.25, 0.3) is 0 Å². The molecule has 0 aliphatic heterocycles. The van der Waals surface area contributed by atoms with Gasteiger partial charge in [0.1, 0.15) is 5.82 Å². The van der Waals surface area contributed by atoms with Gasteiger partial charge in [0.2, 0.25) is 0 Å². The van der Waals surface area contributed by atoms with Crippen molar-refractivity contribution in [2.24, 2.45) is 5.73 Å². The normalized spacial score (nSPS) is 12.4. The molecule has 1 heterocycles. The maximum atomic E-state index is 10.4. The van der Waals surface area contributed by atoms with Gasteiger partial charge in [-0.2, -0.15) is 0 Å². The maximum absolute atomic E-state index is 10.4. The lowest BCUT2D eigenvalue weighted by Gasteiger charge is -2.09. The summed E-state index contributed by atoms with van der Waals surface area (Å²) >= 11 is 0. The smallest absolute Gasteiger partial charge is 0.305 e. The van der Waals surface area contributed by atoms with Crippen molar-refractivity contribution in [3.63, 3.8) is 0 Å². The van der Waals surface area contributed by atoms with Crippen LogP contribution in [0, 0.1) is 0 Å². The number of rotatable bonds is 3. The Morgan fingerprint density at radius 3 is 2.71 bits per heavy atom. The van der Waals surface area contributed by atoms with Crippen molar-refractivity contribution in [2.45, 2.75) is 12.5 Å². The molecule has 1 unspecified atom stereocenters. The van der Waals surface area contributed by atoms with Crippen molar-refractivity contribution in [1.29, 1.82) is 0 Å². The standard InChI is InChI=1S/C8H12N4O2/c9-5(2-7(13)14)4-1-6(10)8(11)12-3-4/h1,3,5H,2,9-10H2,(H2,11,12)(H,13,14). The van der Waals surface area contributed by atoms with Gasteiger partial charge in [-0.1, -0.05) is 0 Å². The first-order chi connectivity index (χ1) is 6.50. The molecule has 1 rings (SSSR count). The number of anilines is 2. The number of nitrogens with two attached hydrogens (primary N) is 3. The van der Waals surface area contributed by atoms with Crippen molar-refractivity contribution in [3.8, 4) is 0 Å². The summed E-state index contributed by atoms with van der Waals surface area (Å²) in [6, 6.07) is 0.929. The van der Waals surface area contributed by atoms with E-state index in [0.717, 1.165) is 0 Å². The van der Waals surface area contributed by atoms with E-state index in [1.807, 2.05) is 0 Å². The molecule has 1 aromatic rings. The highest BCUT2D eigenvalue weighted by atomic mass is 16.4. The summed E-state index contributed by atoms with van der Waals surface area (Å²) in [6.45, 7) is 0. The lowest BCUT2D eigenvalue weighted by atomic mass is 10.1. The highest BCUT2D eigenvalue weighted by Gasteiger charge is 2.11. The third kappa shape index (κ3) is 2.33. The van der Waals surface area contributed by atoms with Crippen molar-refractivity contribution >= 4 is 17.5 Å². The predicted octanol–water partition coefficient (Wildman–Crippen LogP) is -0.280. The van der Waals surface area contributed by atoms with Crippen molar-refractivity contribution in [1.82, 2.24) is 4.98 Å². The number of nitrogens with zero attached hydrogens (tertiary/aromatic N) is 1. The molecule has 6 heteroatoms. The fourth-order valence-corrected chi connectivity index (χ4v) is 1.02. The molecule has 76 valence electrons. The molecular weight excluding hydrogens is 184 g/mol. The van der Waals surface area contributed by atoms with E-state index in [-0.39, 0.29) is 12.2 Å². The van der Waals surface area contributed by atoms with Gasteiger partial charge >= 0.3 is 5.97 Å². The first kappa shape index (κ1) is 10.3. The Morgan fingerprint density at radius 1 is 1.57 bits per heavy atom. The van der Waals surface area contributed by atoms with Crippen LogP contribution >= 0.6 is 0 Å². The highest BCUT2D eigenvalue weighted by molar-refractivity contribution is 5.68. The third-order valence-corrected chi connectivity index (χ3v) is 1.79. The summed E-state index contributed by atoms with van der Waals surface area (Å²) in [5.41, 5.74) is 17.4. The summed E-state index contributed by atoms with van der Waals surface area (Å²) < 4.78 is 0. The van der Waals surface area contributed by atoms with Gasteiger partial charge in [-0.05, 0) is 11.6 Å². The Hall–Kier alpha value is -1.82. The van der Waals surface area contributed by atoms with E-state index in [2.05, 4.69) is 4.98 Å². The first-order valence-electron chi connectivity index (χ1n) is 3.99. The van der Waals surface area contributed by atoms with Crippen LogP contribution in [-0.4, -0.2) is 16.1 Å². The minimum Gasteiger partial charge on any atom is -0.481 e. The molecule has 0 bridgehead atoms. The van der Waals surface area contributed by atoms with Crippen LogP contribution in [-0.2, 0) is 4.79 Å². The summed E-state index contributed by atoms with van der Waals surface area (Å²) in [5, 5.41) is 8.51. The molecule has 1 atom stereocenters. The number of carboxylic acids is 1. The second-order valence-corrected chi connectivity index (χ2v) is 2.95. The Labute approximate surface area is 80.7 Å². The van der Waals surface area contributed by atoms with Crippen LogP contribution in [0.15, 0.2) is 12.3 Å². The van der Waals surface area contributed by atoms with E-state index in [9.17, 15) is 4.79 Å². The van der Waals surface area contributed by atoms with E-state index in [1.54, 1.807) is 0 Å². The van der Waals surface area contributed by atoms with Gasteiger partial charge < -0.3 is 22.3 Å². The monoisotopic (exact) mass is 196 g/mol. The second-order valence-electron chi connectivity index (χ2n) is 2.95. The number of aliphatic carboxylic acids is 1. The van der Waals surface area contributed by atoms with E-state index < -0.39 is 12.0 Å². The molecule has 14 heavy (non-hydrogen) atoms. The van der Waals surface area contributed by atoms with Gasteiger partial charge in [-0.15, -0.1) is 0 Å². The van der Waals surface area contributed by atoms with Crippen molar-refractivity contribution < 1.29 is 9.90 Å². The van der Waals surface area contributed by atoms with Gasteiger partial charge in [-0.3, -0.25) is 4.79 Å². The summed E-state index contributed by atoms with van der Waals surface area (Å²) in [6.07, 6.45) is 1.27. The molecule has 0 amide bonds. The van der Waals surface area contributed by atoms with Gasteiger partial charge in [0.25, 0.3) is 0 Å². The lowest BCUT2D eigenvalue weighted by Crippen LogP contribution is -2.15. The zero-order chi connectivity index (χ0) is 10.7. The molecule has 0 fully saturated rings. The van der Waals surface area contributed by atoms with Crippen molar-refractivity contribution in [3.05, 3.63) is 17.8 Å². The molecule has 6 nitrogen and oxygen atoms in total. The Balaban J connectivity index is 2.85. The van der Waals surface area contributed by atoms with Crippen LogP contribution in [0.3, 0.4) is 0 Å². The minimum atomic E-state index is -0.965. The molecule has 7 N–H and O–H groups in total. The van der Waals surface area contributed by atoms with E-state index in [4.69, 9.17) is 22.3 Å². The van der Waals surface area contributed by atoms with Gasteiger partial charge in [-0.25, -0.2) is 4.98 Å². The maximum Gasteiger partial charge on any atom is 0.305 e. The zero-order valence-corrected chi connectivity index (χ0v) is 7.47. The fourth-order valence-electron chi connectivity index (χ4n) is 1.02. The molecule has 0 aliphatic carbocycles. The Kier molecular flexibility index (Phi) is 2.88. The average molecular weight is 196 g/mol. The molecular formula is C8H12N4O2. The van der Waals surface area contributed by atoms with Gasteiger partial charge in [0.05, 0.1) is 12.1 Å². The average Bonchev–Trinajstić information content (AvgIpc) is 2.08. The minimum absolute atomic E-state index is 0.162. The van der Waals surface area contributed by atoms with Crippen LogP contribution < -0.4 is 17.2 Å². The van der Waals surface area contributed by atoms with Crippen molar-refractivity contribution in [2.75, 3.05) is 11.5 Å². The molecule has 0 saturated heterocycles. The summed E-state index contributed by atoms with van der Waals surface area (Å²) in [4.78, 5) is 14.2. The van der Waals surface area contributed by atoms with E-state index in [1.165, 1.54) is 12.3 Å². The van der Waals surface area contributed by atoms with E-state index in [0.29, 0.717) is 11.3 Å². The van der Waals surface area contributed by atoms with Gasteiger partial charge in [0, 0.05) is 12.2 Å². The lowest BCUT2D eigenvalue weighted by molar-refractivity contribution is -0.137.